The number of carbonyl (C=O) groups is 2. The zero-order chi connectivity index (χ0) is 17.7. The van der Waals surface area contributed by atoms with Crippen LogP contribution in [0.15, 0.2) is 18.3 Å². The van der Waals surface area contributed by atoms with Crippen molar-refractivity contribution in [3.63, 3.8) is 0 Å². The molecule has 0 aliphatic heterocycles. The fraction of sp³-hybridized carbons (Fsp3) is 0.588. The number of rotatable bonds is 6. The number of nitrogens with zero attached hydrogens (tertiary/aromatic N) is 1. The van der Waals surface area contributed by atoms with Crippen molar-refractivity contribution >= 4 is 17.7 Å². The van der Waals surface area contributed by atoms with Crippen LogP contribution < -0.4 is 10.6 Å². The Morgan fingerprint density at radius 2 is 2.08 bits per heavy atom. The van der Waals surface area contributed by atoms with Gasteiger partial charge in [0.1, 0.15) is 11.6 Å². The molecule has 1 aromatic rings. The Morgan fingerprint density at radius 3 is 2.62 bits per heavy atom. The molecule has 2 rings (SSSR count). The Labute approximate surface area is 141 Å². The van der Waals surface area contributed by atoms with Crippen LogP contribution >= 0.6 is 0 Å². The summed E-state index contributed by atoms with van der Waals surface area (Å²) in [6.45, 7) is 5.28. The van der Waals surface area contributed by atoms with E-state index in [1.807, 2.05) is 0 Å². The molecule has 1 heterocycles. The molecule has 0 aromatic carbocycles. The molecule has 1 aromatic heterocycles. The average molecular weight is 337 g/mol. The monoisotopic (exact) mass is 337 g/mol. The molecule has 1 aliphatic rings. The number of amides is 2. The first-order valence-electron chi connectivity index (χ1n) is 8.15. The van der Waals surface area contributed by atoms with Crippen molar-refractivity contribution in [2.24, 2.45) is 5.92 Å². The van der Waals surface area contributed by atoms with Gasteiger partial charge in [0.15, 0.2) is 0 Å². The van der Waals surface area contributed by atoms with Crippen LogP contribution in [-0.2, 0) is 9.53 Å². The fourth-order valence-electron chi connectivity index (χ4n) is 2.21. The first kappa shape index (κ1) is 18.2. The third-order valence-electron chi connectivity index (χ3n) is 3.56. The van der Waals surface area contributed by atoms with Crippen molar-refractivity contribution in [2.75, 3.05) is 5.32 Å². The lowest BCUT2D eigenvalue weighted by molar-refractivity contribution is -0.118. The molecule has 2 amide bonds. The van der Waals surface area contributed by atoms with E-state index in [0.717, 1.165) is 12.5 Å². The van der Waals surface area contributed by atoms with Gasteiger partial charge in [-0.3, -0.25) is 4.79 Å². The predicted octanol–water partition coefficient (Wildman–Crippen LogP) is 3.24. The van der Waals surface area contributed by atoms with Gasteiger partial charge in [0.25, 0.3) is 0 Å². The maximum atomic E-state index is 12.8. The summed E-state index contributed by atoms with van der Waals surface area (Å²) in [6, 6.07) is 1.88. The van der Waals surface area contributed by atoms with Crippen LogP contribution in [0.5, 0.6) is 0 Å². The zero-order valence-electron chi connectivity index (χ0n) is 14.3. The molecule has 1 unspecified atom stereocenters. The van der Waals surface area contributed by atoms with E-state index in [-0.39, 0.29) is 5.91 Å². The van der Waals surface area contributed by atoms with E-state index in [9.17, 15) is 14.0 Å². The number of nitrogens with one attached hydrogen (secondary N) is 2. The van der Waals surface area contributed by atoms with Gasteiger partial charge in [0.2, 0.25) is 11.9 Å². The van der Waals surface area contributed by atoms with E-state index in [1.54, 1.807) is 20.8 Å². The van der Waals surface area contributed by atoms with Gasteiger partial charge in [-0.05, 0) is 51.7 Å². The summed E-state index contributed by atoms with van der Waals surface area (Å²) in [6.07, 6.45) is 4.35. The molecular weight excluding hydrogens is 313 g/mol. The van der Waals surface area contributed by atoms with Gasteiger partial charge >= 0.3 is 6.09 Å². The van der Waals surface area contributed by atoms with E-state index in [2.05, 4.69) is 15.6 Å². The summed E-state index contributed by atoms with van der Waals surface area (Å²) >= 11 is 0. The highest BCUT2D eigenvalue weighted by Crippen LogP contribution is 2.34. The molecule has 0 bridgehead atoms. The smallest absolute Gasteiger partial charge is 0.408 e. The number of carbonyl (C=O) groups excluding carboxylic acids is 2. The quantitative estimate of drug-likeness (QED) is 0.781. The van der Waals surface area contributed by atoms with Crippen LogP contribution in [0.4, 0.5) is 14.9 Å². The normalized spacial score (nSPS) is 15.5. The van der Waals surface area contributed by atoms with Crippen LogP contribution in [-0.4, -0.2) is 28.6 Å². The van der Waals surface area contributed by atoms with Crippen LogP contribution in [0.2, 0.25) is 0 Å². The van der Waals surface area contributed by atoms with Crippen molar-refractivity contribution in [1.29, 1.82) is 0 Å². The van der Waals surface area contributed by atoms with Crippen molar-refractivity contribution in [3.8, 4) is 0 Å². The second kappa shape index (κ2) is 7.59. The van der Waals surface area contributed by atoms with Crippen LogP contribution in [0, 0.1) is 11.9 Å². The molecule has 1 atom stereocenters. The molecule has 0 saturated heterocycles. The molecule has 2 N–H and O–H groups in total. The van der Waals surface area contributed by atoms with Gasteiger partial charge in [-0.25, -0.2) is 9.78 Å². The van der Waals surface area contributed by atoms with Gasteiger partial charge in [-0.2, -0.15) is 4.39 Å². The Hall–Kier alpha value is -2.18. The highest BCUT2D eigenvalue weighted by Gasteiger charge is 2.28. The second-order valence-corrected chi connectivity index (χ2v) is 7.08. The van der Waals surface area contributed by atoms with Gasteiger partial charge in [-0.15, -0.1) is 0 Å². The molecule has 24 heavy (non-hydrogen) atoms. The van der Waals surface area contributed by atoms with Crippen molar-refractivity contribution < 1.29 is 18.7 Å². The lowest BCUT2D eigenvalue weighted by atomic mass is 10.1. The third kappa shape index (κ3) is 6.52. The molecule has 7 heteroatoms. The highest BCUT2D eigenvalue weighted by atomic mass is 19.1. The van der Waals surface area contributed by atoms with Crippen molar-refractivity contribution in [3.05, 3.63) is 24.3 Å². The zero-order valence-corrected chi connectivity index (χ0v) is 14.3. The predicted molar refractivity (Wildman–Crippen MR) is 87.9 cm³/mol. The summed E-state index contributed by atoms with van der Waals surface area (Å²) in [5.74, 6) is -0.353. The standard InChI is InChI=1S/C17H24FN3O3/c1-17(2,3)24-16(23)21-13(8-6-11-4-5-11)15(22)20-12-7-9-14(18)19-10-12/h7,9-11,13H,4-6,8H2,1-3H3,(H,20,22)(H,21,23). The lowest BCUT2D eigenvalue weighted by Gasteiger charge is -2.23. The minimum absolute atomic E-state index is 0.366. The molecule has 0 radical (unpaired) electrons. The lowest BCUT2D eigenvalue weighted by Crippen LogP contribution is -2.45. The Morgan fingerprint density at radius 1 is 1.38 bits per heavy atom. The number of alkyl carbamates (subject to hydrolysis) is 1. The summed E-state index contributed by atoms with van der Waals surface area (Å²) in [4.78, 5) is 27.9. The van der Waals surface area contributed by atoms with Gasteiger partial charge < -0.3 is 15.4 Å². The van der Waals surface area contributed by atoms with E-state index < -0.39 is 23.7 Å². The Kier molecular flexibility index (Phi) is 5.75. The molecule has 0 spiro atoms. The summed E-state index contributed by atoms with van der Waals surface area (Å²) in [5.41, 5.74) is -0.258. The number of hydrogen-bond donors (Lipinski definition) is 2. The number of aromatic nitrogens is 1. The number of ether oxygens (including phenoxy) is 1. The second-order valence-electron chi connectivity index (χ2n) is 7.08. The van der Waals surface area contributed by atoms with Crippen molar-refractivity contribution in [2.45, 2.75) is 58.1 Å². The minimum Gasteiger partial charge on any atom is -0.444 e. The maximum Gasteiger partial charge on any atom is 0.408 e. The van der Waals surface area contributed by atoms with E-state index in [1.165, 1.54) is 25.1 Å². The average Bonchev–Trinajstić information content (AvgIpc) is 3.28. The number of halogens is 1. The number of anilines is 1. The summed E-state index contributed by atoms with van der Waals surface area (Å²) in [5, 5.41) is 5.26. The topological polar surface area (TPSA) is 80.3 Å². The SMILES string of the molecule is CC(C)(C)OC(=O)NC(CCC1CC1)C(=O)Nc1ccc(F)nc1. The molecule has 6 nitrogen and oxygen atoms in total. The van der Waals surface area contributed by atoms with E-state index >= 15 is 0 Å². The highest BCUT2D eigenvalue weighted by molar-refractivity contribution is 5.96. The first-order chi connectivity index (χ1) is 11.2. The summed E-state index contributed by atoms with van der Waals surface area (Å²) < 4.78 is 18.0. The molecule has 1 saturated carbocycles. The Balaban J connectivity index is 1.96. The first-order valence-corrected chi connectivity index (χ1v) is 8.15. The number of hydrogen-bond acceptors (Lipinski definition) is 4. The molecule has 1 aliphatic carbocycles. The number of pyridine rings is 1. The minimum atomic E-state index is -0.703. The third-order valence-corrected chi connectivity index (χ3v) is 3.56. The Bertz CT molecular complexity index is 580. The van der Waals surface area contributed by atoms with Crippen molar-refractivity contribution in [1.82, 2.24) is 10.3 Å². The van der Waals surface area contributed by atoms with Gasteiger partial charge in [0, 0.05) is 0 Å². The van der Waals surface area contributed by atoms with E-state index in [4.69, 9.17) is 4.74 Å². The largest absolute Gasteiger partial charge is 0.444 e. The molecule has 132 valence electrons. The van der Waals surface area contributed by atoms with Crippen LogP contribution in [0.25, 0.3) is 0 Å². The van der Waals surface area contributed by atoms with Crippen LogP contribution in [0.1, 0.15) is 46.5 Å². The molecular formula is C17H24FN3O3. The summed E-state index contributed by atoms with van der Waals surface area (Å²) in [7, 11) is 0. The van der Waals surface area contributed by atoms with Gasteiger partial charge in [-0.1, -0.05) is 12.8 Å². The van der Waals surface area contributed by atoms with E-state index in [0.29, 0.717) is 18.0 Å². The molecule has 1 fully saturated rings. The van der Waals surface area contributed by atoms with Gasteiger partial charge in [0.05, 0.1) is 11.9 Å². The maximum absolute atomic E-state index is 12.8. The van der Waals surface area contributed by atoms with Crippen LogP contribution in [0.3, 0.4) is 0 Å². The fourth-order valence-corrected chi connectivity index (χ4v) is 2.21.